The quantitative estimate of drug-likeness (QED) is 0.251. The van der Waals surface area contributed by atoms with E-state index in [4.69, 9.17) is 5.73 Å². The van der Waals surface area contributed by atoms with Crippen molar-refractivity contribution in [1.29, 1.82) is 0 Å². The minimum Gasteiger partial charge on any atom is -0.426 e. The predicted octanol–water partition coefficient (Wildman–Crippen LogP) is -1.93. The topological polar surface area (TPSA) is 174 Å². The highest BCUT2D eigenvalue weighted by atomic mass is 16.4. The van der Waals surface area contributed by atoms with Crippen LogP contribution in [0.3, 0.4) is 0 Å². The van der Waals surface area contributed by atoms with Crippen LogP contribution in [0.5, 0.6) is 0 Å². The van der Waals surface area contributed by atoms with Crippen LogP contribution in [-0.4, -0.2) is 79.9 Å². The summed E-state index contributed by atoms with van der Waals surface area (Å²) in [6.07, 6.45) is 4.73. The van der Waals surface area contributed by atoms with Crippen molar-refractivity contribution >= 4 is 24.8 Å². The fourth-order valence-corrected chi connectivity index (χ4v) is 3.46. The Morgan fingerprint density at radius 2 is 2.13 bits per heavy atom. The molecule has 4 atom stereocenters. The van der Waals surface area contributed by atoms with Gasteiger partial charge in [-0.15, -0.1) is 0 Å². The Labute approximate surface area is 175 Å². The Morgan fingerprint density at radius 1 is 1.43 bits per heavy atom. The van der Waals surface area contributed by atoms with Gasteiger partial charge in [-0.3, -0.25) is 14.4 Å². The fraction of sp³-hybridized carbons (Fsp3) is 0.667. The van der Waals surface area contributed by atoms with Gasteiger partial charge in [0.05, 0.1) is 18.3 Å². The van der Waals surface area contributed by atoms with Crippen molar-refractivity contribution in [3.63, 3.8) is 0 Å². The summed E-state index contributed by atoms with van der Waals surface area (Å²) in [7, 11) is -1.64. The summed E-state index contributed by atoms with van der Waals surface area (Å²) in [6.45, 7) is 5.24. The first-order valence-corrected chi connectivity index (χ1v) is 10.1. The van der Waals surface area contributed by atoms with Crippen LogP contribution in [-0.2, 0) is 20.8 Å². The zero-order valence-electron chi connectivity index (χ0n) is 17.6. The van der Waals surface area contributed by atoms with Gasteiger partial charge in [0, 0.05) is 24.9 Å². The lowest BCUT2D eigenvalue weighted by atomic mass is 9.77. The van der Waals surface area contributed by atoms with E-state index >= 15 is 0 Å². The van der Waals surface area contributed by atoms with Crippen LogP contribution in [0.4, 0.5) is 0 Å². The molecule has 1 saturated heterocycles. The van der Waals surface area contributed by atoms with Crippen molar-refractivity contribution in [2.45, 2.75) is 70.0 Å². The molecule has 0 bridgehead atoms. The van der Waals surface area contributed by atoms with E-state index in [0.717, 1.165) is 0 Å². The van der Waals surface area contributed by atoms with Crippen molar-refractivity contribution in [3.05, 3.63) is 18.2 Å². The van der Waals surface area contributed by atoms with E-state index in [0.29, 0.717) is 31.5 Å². The van der Waals surface area contributed by atoms with Crippen LogP contribution in [0.2, 0.25) is 0 Å². The number of carbonyl (C=O) groups excluding carboxylic acids is 3. The molecule has 12 heteroatoms. The number of likely N-dealkylation sites (tertiary alicyclic amines) is 1. The fourth-order valence-electron chi connectivity index (χ4n) is 3.46. The number of nitrogens with two attached hydrogens (primary N) is 1. The van der Waals surface area contributed by atoms with Crippen LogP contribution in [0, 0.1) is 0 Å². The Hall–Kier alpha value is -2.44. The molecule has 0 radical (unpaired) electrons. The zero-order valence-corrected chi connectivity index (χ0v) is 17.6. The van der Waals surface area contributed by atoms with Gasteiger partial charge < -0.3 is 36.3 Å². The molecule has 1 aliphatic heterocycles. The molecule has 0 aromatic carbocycles. The Morgan fingerprint density at radius 3 is 2.70 bits per heavy atom. The third-order valence-corrected chi connectivity index (χ3v) is 5.57. The van der Waals surface area contributed by atoms with Crippen molar-refractivity contribution in [1.82, 2.24) is 25.5 Å². The molecule has 7 N–H and O–H groups in total. The Kier molecular flexibility index (Phi) is 7.99. The second-order valence-electron chi connectivity index (χ2n) is 7.91. The van der Waals surface area contributed by atoms with Gasteiger partial charge in [0.15, 0.2) is 0 Å². The molecular formula is C18H31BN6O5. The van der Waals surface area contributed by atoms with E-state index in [2.05, 4.69) is 20.6 Å². The number of H-pyrrole nitrogens is 1. The number of nitrogens with one attached hydrogen (secondary N) is 3. The first kappa shape index (κ1) is 23.8. The van der Waals surface area contributed by atoms with Gasteiger partial charge in [0.1, 0.15) is 11.6 Å². The number of rotatable bonds is 9. The minimum absolute atomic E-state index is 0.241. The van der Waals surface area contributed by atoms with Crippen molar-refractivity contribution in [3.8, 4) is 0 Å². The highest BCUT2D eigenvalue weighted by Crippen LogP contribution is 2.24. The van der Waals surface area contributed by atoms with Gasteiger partial charge in [-0.2, -0.15) is 0 Å². The lowest BCUT2D eigenvalue weighted by Crippen LogP contribution is -2.63. The number of nitrogens with zero attached hydrogens (tertiary/aromatic N) is 2. The summed E-state index contributed by atoms with van der Waals surface area (Å²) in [5, 5.41) is 24.3. The number of aromatic nitrogens is 2. The molecule has 3 amide bonds. The molecule has 0 saturated carbocycles. The van der Waals surface area contributed by atoms with E-state index in [-0.39, 0.29) is 12.3 Å². The molecule has 4 unspecified atom stereocenters. The molecule has 0 aliphatic carbocycles. The van der Waals surface area contributed by atoms with Gasteiger partial charge in [0.2, 0.25) is 17.7 Å². The van der Waals surface area contributed by atoms with Gasteiger partial charge in [-0.05, 0) is 33.1 Å². The highest BCUT2D eigenvalue weighted by molar-refractivity contribution is 6.43. The highest BCUT2D eigenvalue weighted by Gasteiger charge is 2.44. The monoisotopic (exact) mass is 422 g/mol. The molecule has 2 heterocycles. The molecule has 1 aromatic heterocycles. The van der Waals surface area contributed by atoms with E-state index in [1.807, 2.05) is 0 Å². The van der Waals surface area contributed by atoms with Gasteiger partial charge in [0.25, 0.3) is 0 Å². The number of carbonyl (C=O) groups is 3. The number of hydrogen-bond donors (Lipinski definition) is 6. The Bertz CT molecular complexity index is 745. The number of imidazole rings is 1. The average molecular weight is 422 g/mol. The van der Waals surface area contributed by atoms with Gasteiger partial charge in [-0.25, -0.2) is 4.98 Å². The molecule has 30 heavy (non-hydrogen) atoms. The van der Waals surface area contributed by atoms with Crippen molar-refractivity contribution in [2.24, 2.45) is 5.73 Å². The van der Waals surface area contributed by atoms with E-state index < -0.39 is 42.5 Å². The van der Waals surface area contributed by atoms with Crippen LogP contribution in [0.25, 0.3) is 0 Å². The largest absolute Gasteiger partial charge is 0.475 e. The summed E-state index contributed by atoms with van der Waals surface area (Å²) < 4.78 is 0. The lowest BCUT2D eigenvalue weighted by molar-refractivity contribution is -0.142. The van der Waals surface area contributed by atoms with Crippen LogP contribution in [0.15, 0.2) is 12.5 Å². The van der Waals surface area contributed by atoms with Crippen LogP contribution in [0.1, 0.15) is 45.7 Å². The minimum atomic E-state index is -1.64. The normalized spacial score (nSPS) is 20.2. The maximum Gasteiger partial charge on any atom is 0.475 e. The van der Waals surface area contributed by atoms with E-state index in [1.165, 1.54) is 18.2 Å². The third-order valence-electron chi connectivity index (χ3n) is 5.57. The first-order valence-electron chi connectivity index (χ1n) is 10.1. The maximum atomic E-state index is 13.1. The summed E-state index contributed by atoms with van der Waals surface area (Å²) >= 11 is 0. The molecule has 1 aromatic rings. The van der Waals surface area contributed by atoms with E-state index in [1.54, 1.807) is 20.0 Å². The smallest absolute Gasteiger partial charge is 0.426 e. The third kappa shape index (κ3) is 5.58. The van der Waals surface area contributed by atoms with Crippen molar-refractivity contribution in [2.75, 3.05) is 6.54 Å². The SMILES string of the molecule is CCC(C)(NC(=O)C(C)NC(=O)C(N)Cc1cnc[nH]1)C(=O)N1CCCC1B(O)O. The maximum absolute atomic E-state index is 13.1. The number of amides is 3. The summed E-state index contributed by atoms with van der Waals surface area (Å²) in [5.74, 6) is -2.11. The summed E-state index contributed by atoms with van der Waals surface area (Å²) in [6, 6.07) is -1.78. The average Bonchev–Trinajstić information content (AvgIpc) is 3.38. The number of aromatic amines is 1. The second kappa shape index (κ2) is 10.0. The number of hydrogen-bond acceptors (Lipinski definition) is 7. The molecular weight excluding hydrogens is 391 g/mol. The Balaban J connectivity index is 1.97. The molecule has 2 rings (SSSR count). The molecule has 0 spiro atoms. The van der Waals surface area contributed by atoms with Gasteiger partial charge in [-0.1, -0.05) is 6.92 Å². The van der Waals surface area contributed by atoms with Crippen LogP contribution >= 0.6 is 0 Å². The van der Waals surface area contributed by atoms with Crippen molar-refractivity contribution < 1.29 is 24.4 Å². The van der Waals surface area contributed by atoms with E-state index in [9.17, 15) is 24.4 Å². The lowest BCUT2D eigenvalue weighted by Gasteiger charge is -2.36. The molecule has 1 fully saturated rings. The molecule has 166 valence electrons. The standard InChI is InChI=1S/C18H31BN6O5/c1-4-18(3,17(28)25-7-5-6-14(25)19(29)30)24-15(26)11(2)23-16(27)13(20)8-12-9-21-10-22-12/h9-11,13-14,29-30H,4-8,20H2,1-3H3,(H,21,22)(H,23,27)(H,24,26). The van der Waals surface area contributed by atoms with Crippen LogP contribution < -0.4 is 16.4 Å². The zero-order chi connectivity index (χ0) is 22.5. The molecule has 11 nitrogen and oxygen atoms in total. The van der Waals surface area contributed by atoms with Gasteiger partial charge >= 0.3 is 7.12 Å². The predicted molar refractivity (Wildman–Crippen MR) is 110 cm³/mol. The second-order valence-corrected chi connectivity index (χ2v) is 7.91. The summed E-state index contributed by atoms with van der Waals surface area (Å²) in [5.41, 5.74) is 5.34. The summed E-state index contributed by atoms with van der Waals surface area (Å²) in [4.78, 5) is 46.2. The molecule has 1 aliphatic rings. The first-order chi connectivity index (χ1) is 14.1.